The summed E-state index contributed by atoms with van der Waals surface area (Å²) in [6.45, 7) is 3.77. The number of nitrogens with one attached hydrogen (secondary N) is 1. The van der Waals surface area contributed by atoms with Crippen molar-refractivity contribution in [3.63, 3.8) is 0 Å². The first-order chi connectivity index (χ1) is 11.6. The smallest absolute Gasteiger partial charge is 0.268 e. The number of anilines is 1. The number of ether oxygens (including phenoxy) is 1. The van der Waals surface area contributed by atoms with Crippen LogP contribution < -0.4 is 10.2 Å². The molecule has 0 spiro atoms. The second kappa shape index (κ2) is 9.20. The quantitative estimate of drug-likeness (QED) is 0.747. The Hall–Kier alpha value is -2.18. The third kappa shape index (κ3) is 4.66. The predicted octanol–water partition coefficient (Wildman–Crippen LogP) is 3.18. The molecule has 24 heavy (non-hydrogen) atoms. The summed E-state index contributed by atoms with van der Waals surface area (Å²) >= 11 is 1.38. The van der Waals surface area contributed by atoms with Crippen LogP contribution in [-0.2, 0) is 4.74 Å². The Kier molecular flexibility index (Phi) is 6.96. The first-order valence-electron chi connectivity index (χ1n) is 7.91. The van der Waals surface area contributed by atoms with Crippen molar-refractivity contribution in [1.29, 1.82) is 0 Å². The molecule has 1 aromatic carbocycles. The Morgan fingerprint density at radius 3 is 2.71 bits per heavy atom. The number of carbonyl (C=O) groups excluding carboxylic acids is 2. The second-order valence-electron chi connectivity index (χ2n) is 5.16. The maximum atomic E-state index is 12.5. The van der Waals surface area contributed by atoms with Gasteiger partial charge in [0, 0.05) is 26.8 Å². The molecule has 0 fully saturated rings. The highest BCUT2D eigenvalue weighted by Crippen LogP contribution is 2.22. The van der Waals surface area contributed by atoms with Crippen LogP contribution in [0, 0.1) is 0 Å². The fraction of sp³-hybridized carbons (Fsp3) is 0.333. The molecule has 6 heteroatoms. The SMILES string of the molecule is CCOCCCNC(=O)c1ccccc1N(C)C(=O)c1cccs1. The van der Waals surface area contributed by atoms with Crippen LogP contribution in [0.3, 0.4) is 0 Å². The summed E-state index contributed by atoms with van der Waals surface area (Å²) < 4.78 is 5.25. The van der Waals surface area contributed by atoms with E-state index in [1.807, 2.05) is 24.4 Å². The fourth-order valence-corrected chi connectivity index (χ4v) is 2.95. The lowest BCUT2D eigenvalue weighted by Crippen LogP contribution is -2.31. The minimum atomic E-state index is -0.187. The number of benzene rings is 1. The molecule has 5 nitrogen and oxygen atoms in total. The average molecular weight is 346 g/mol. The van der Waals surface area contributed by atoms with E-state index >= 15 is 0 Å². The van der Waals surface area contributed by atoms with E-state index in [1.54, 1.807) is 31.3 Å². The van der Waals surface area contributed by atoms with E-state index in [0.717, 1.165) is 6.42 Å². The van der Waals surface area contributed by atoms with Crippen molar-refractivity contribution in [2.45, 2.75) is 13.3 Å². The van der Waals surface area contributed by atoms with Crippen LogP contribution in [0.15, 0.2) is 41.8 Å². The van der Waals surface area contributed by atoms with Gasteiger partial charge in [-0.15, -0.1) is 11.3 Å². The largest absolute Gasteiger partial charge is 0.382 e. The number of rotatable bonds is 8. The lowest BCUT2D eigenvalue weighted by atomic mass is 10.1. The number of hydrogen-bond donors (Lipinski definition) is 1. The van der Waals surface area contributed by atoms with Gasteiger partial charge >= 0.3 is 0 Å². The zero-order valence-electron chi connectivity index (χ0n) is 14.0. The maximum Gasteiger partial charge on any atom is 0.268 e. The zero-order valence-corrected chi connectivity index (χ0v) is 14.8. The number of hydrogen-bond acceptors (Lipinski definition) is 4. The van der Waals surface area contributed by atoms with E-state index in [4.69, 9.17) is 4.74 Å². The summed E-state index contributed by atoms with van der Waals surface area (Å²) in [6, 6.07) is 10.7. The molecule has 0 unspecified atom stereocenters. The summed E-state index contributed by atoms with van der Waals surface area (Å²) in [5.74, 6) is -0.311. The molecular formula is C18H22N2O3S. The monoisotopic (exact) mass is 346 g/mol. The topological polar surface area (TPSA) is 58.6 Å². The minimum absolute atomic E-state index is 0.124. The van der Waals surface area contributed by atoms with Gasteiger partial charge in [0.25, 0.3) is 11.8 Å². The highest BCUT2D eigenvalue weighted by molar-refractivity contribution is 7.12. The van der Waals surface area contributed by atoms with Gasteiger partial charge in [-0.1, -0.05) is 18.2 Å². The number of nitrogens with zero attached hydrogens (tertiary/aromatic N) is 1. The van der Waals surface area contributed by atoms with E-state index in [0.29, 0.717) is 35.9 Å². The molecule has 1 aromatic heterocycles. The fourth-order valence-electron chi connectivity index (χ4n) is 2.25. The van der Waals surface area contributed by atoms with Crippen LogP contribution in [0.25, 0.3) is 0 Å². The Balaban J connectivity index is 2.06. The third-order valence-corrected chi connectivity index (χ3v) is 4.36. The van der Waals surface area contributed by atoms with Crippen molar-refractivity contribution in [3.8, 4) is 0 Å². The molecule has 2 rings (SSSR count). The van der Waals surface area contributed by atoms with Gasteiger partial charge in [0.05, 0.1) is 16.1 Å². The predicted molar refractivity (Wildman–Crippen MR) is 96.9 cm³/mol. The summed E-state index contributed by atoms with van der Waals surface area (Å²) in [7, 11) is 1.68. The molecule has 0 bridgehead atoms. The number of amides is 2. The van der Waals surface area contributed by atoms with Crippen LogP contribution in [0.1, 0.15) is 33.4 Å². The van der Waals surface area contributed by atoms with Gasteiger partial charge in [-0.05, 0) is 36.9 Å². The van der Waals surface area contributed by atoms with Gasteiger partial charge in [-0.2, -0.15) is 0 Å². The molecule has 0 aliphatic rings. The van der Waals surface area contributed by atoms with Gasteiger partial charge in [0.2, 0.25) is 0 Å². The summed E-state index contributed by atoms with van der Waals surface area (Å²) in [5.41, 5.74) is 1.08. The van der Waals surface area contributed by atoms with E-state index in [2.05, 4.69) is 5.32 Å². The second-order valence-corrected chi connectivity index (χ2v) is 6.11. The van der Waals surface area contributed by atoms with Gasteiger partial charge in [0.1, 0.15) is 0 Å². The lowest BCUT2D eigenvalue weighted by Gasteiger charge is -2.19. The molecule has 0 atom stereocenters. The van der Waals surface area contributed by atoms with Crippen molar-refractivity contribution < 1.29 is 14.3 Å². The Morgan fingerprint density at radius 1 is 1.21 bits per heavy atom. The Labute approximate surface area is 146 Å². The summed E-state index contributed by atoms with van der Waals surface area (Å²) in [5, 5.41) is 4.73. The van der Waals surface area contributed by atoms with Gasteiger partial charge in [0.15, 0.2) is 0 Å². The molecule has 2 amide bonds. The van der Waals surface area contributed by atoms with Crippen LogP contribution in [0.4, 0.5) is 5.69 Å². The molecule has 0 aliphatic carbocycles. The molecule has 0 saturated carbocycles. The highest BCUT2D eigenvalue weighted by Gasteiger charge is 2.19. The number of para-hydroxylation sites is 1. The molecule has 0 radical (unpaired) electrons. The van der Waals surface area contributed by atoms with E-state index in [9.17, 15) is 9.59 Å². The maximum absolute atomic E-state index is 12.5. The van der Waals surface area contributed by atoms with Crippen LogP contribution >= 0.6 is 11.3 Å². The van der Waals surface area contributed by atoms with E-state index < -0.39 is 0 Å². The first-order valence-corrected chi connectivity index (χ1v) is 8.79. The molecule has 128 valence electrons. The van der Waals surface area contributed by atoms with Crippen molar-refractivity contribution >= 4 is 28.8 Å². The van der Waals surface area contributed by atoms with E-state index in [-0.39, 0.29) is 11.8 Å². The van der Waals surface area contributed by atoms with Crippen molar-refractivity contribution in [2.24, 2.45) is 0 Å². The molecule has 0 saturated heterocycles. The van der Waals surface area contributed by atoms with Crippen LogP contribution in [-0.4, -0.2) is 38.6 Å². The molecule has 0 aliphatic heterocycles. The first kappa shape index (κ1) is 18.2. The van der Waals surface area contributed by atoms with Gasteiger partial charge < -0.3 is 15.0 Å². The van der Waals surface area contributed by atoms with E-state index in [1.165, 1.54) is 16.2 Å². The van der Waals surface area contributed by atoms with Crippen LogP contribution in [0.5, 0.6) is 0 Å². The van der Waals surface area contributed by atoms with Crippen molar-refractivity contribution in [3.05, 3.63) is 52.2 Å². The Morgan fingerprint density at radius 2 is 2.00 bits per heavy atom. The molecule has 2 aromatic rings. The van der Waals surface area contributed by atoms with Gasteiger partial charge in [-0.25, -0.2) is 0 Å². The normalized spacial score (nSPS) is 10.4. The van der Waals surface area contributed by atoms with Crippen LogP contribution in [0.2, 0.25) is 0 Å². The molecular weight excluding hydrogens is 324 g/mol. The standard InChI is InChI=1S/C18H22N2O3S/c1-3-23-12-7-11-19-17(21)14-8-4-5-9-15(14)20(2)18(22)16-10-6-13-24-16/h4-6,8-10,13H,3,7,11-12H2,1-2H3,(H,19,21). The number of thiophene rings is 1. The minimum Gasteiger partial charge on any atom is -0.382 e. The summed E-state index contributed by atoms with van der Waals surface area (Å²) in [4.78, 5) is 27.1. The number of carbonyl (C=O) groups is 2. The molecule has 1 heterocycles. The summed E-state index contributed by atoms with van der Waals surface area (Å²) in [6.07, 6.45) is 0.756. The third-order valence-electron chi connectivity index (χ3n) is 3.50. The highest BCUT2D eigenvalue weighted by atomic mass is 32.1. The molecule has 1 N–H and O–H groups in total. The average Bonchev–Trinajstić information content (AvgIpc) is 3.14. The lowest BCUT2D eigenvalue weighted by molar-refractivity contribution is 0.0945. The van der Waals surface area contributed by atoms with Gasteiger partial charge in [-0.3, -0.25) is 9.59 Å². The van der Waals surface area contributed by atoms with Crippen molar-refractivity contribution in [1.82, 2.24) is 5.32 Å². The van der Waals surface area contributed by atoms with Crippen molar-refractivity contribution in [2.75, 3.05) is 31.7 Å². The zero-order chi connectivity index (χ0) is 17.4. The Bertz CT molecular complexity index is 671.